The van der Waals surface area contributed by atoms with Crippen LogP contribution in [0.4, 0.5) is 5.69 Å². The van der Waals surface area contributed by atoms with Gasteiger partial charge in [0.25, 0.3) is 0 Å². The van der Waals surface area contributed by atoms with Gasteiger partial charge in [-0.25, -0.2) is 0 Å². The van der Waals surface area contributed by atoms with Crippen molar-refractivity contribution >= 4 is 23.0 Å². The molecule has 1 saturated heterocycles. The predicted molar refractivity (Wildman–Crippen MR) is 106 cm³/mol. The zero-order valence-electron chi connectivity index (χ0n) is 15.0. The Kier molecular flexibility index (Phi) is 8.33. The van der Waals surface area contributed by atoms with Gasteiger partial charge < -0.3 is 20.3 Å². The third kappa shape index (κ3) is 7.49. The maximum Gasteiger partial charge on any atom is 0.170 e. The normalized spacial score (nSPS) is 15.8. The molecule has 1 fully saturated rings. The van der Waals surface area contributed by atoms with Gasteiger partial charge in [0.1, 0.15) is 5.75 Å². The number of rotatable bonds is 7. The Labute approximate surface area is 152 Å². The van der Waals surface area contributed by atoms with Crippen LogP contribution in [0.3, 0.4) is 0 Å². The second-order valence-electron chi connectivity index (χ2n) is 6.68. The summed E-state index contributed by atoms with van der Waals surface area (Å²) in [6.07, 6.45) is 6.81. The topological polar surface area (TPSA) is 36.5 Å². The Morgan fingerprint density at radius 3 is 2.42 bits per heavy atom. The van der Waals surface area contributed by atoms with Crippen molar-refractivity contribution in [2.45, 2.75) is 52.1 Å². The van der Waals surface area contributed by atoms with E-state index in [1.165, 1.54) is 38.8 Å². The molecule has 0 aromatic heterocycles. The van der Waals surface area contributed by atoms with Crippen LogP contribution in [0.2, 0.25) is 0 Å². The average molecular weight is 350 g/mol. The molecule has 0 aliphatic carbocycles. The average Bonchev–Trinajstić information content (AvgIpc) is 2.82. The Bertz CT molecular complexity index is 482. The smallest absolute Gasteiger partial charge is 0.170 e. The summed E-state index contributed by atoms with van der Waals surface area (Å²) in [6, 6.07) is 7.90. The fraction of sp³-hybridized carbons (Fsp3) is 0.632. The Morgan fingerprint density at radius 1 is 1.12 bits per heavy atom. The van der Waals surface area contributed by atoms with E-state index < -0.39 is 0 Å². The first-order chi connectivity index (χ1) is 11.6. The fourth-order valence-corrected chi connectivity index (χ4v) is 3.15. The highest BCUT2D eigenvalue weighted by Crippen LogP contribution is 2.16. The van der Waals surface area contributed by atoms with Gasteiger partial charge in [0.05, 0.1) is 6.10 Å². The number of anilines is 1. The molecule has 0 unspecified atom stereocenters. The lowest BCUT2D eigenvalue weighted by Crippen LogP contribution is -2.32. The highest BCUT2D eigenvalue weighted by molar-refractivity contribution is 7.80. The molecular formula is C19H31N3OS. The number of hydrogen-bond donors (Lipinski definition) is 2. The number of likely N-dealkylation sites (tertiary alicyclic amines) is 1. The van der Waals surface area contributed by atoms with Crippen molar-refractivity contribution in [2.24, 2.45) is 0 Å². The highest BCUT2D eigenvalue weighted by Gasteiger charge is 2.08. The van der Waals surface area contributed by atoms with Crippen molar-refractivity contribution in [1.82, 2.24) is 10.2 Å². The van der Waals surface area contributed by atoms with E-state index >= 15 is 0 Å². The Morgan fingerprint density at radius 2 is 1.79 bits per heavy atom. The van der Waals surface area contributed by atoms with Gasteiger partial charge in [0.15, 0.2) is 5.11 Å². The Hall–Kier alpha value is -1.33. The summed E-state index contributed by atoms with van der Waals surface area (Å²) in [5.41, 5.74) is 0.983. The lowest BCUT2D eigenvalue weighted by molar-refractivity contribution is 0.242. The summed E-state index contributed by atoms with van der Waals surface area (Å²) in [5.74, 6) is 0.881. The van der Waals surface area contributed by atoms with Gasteiger partial charge in [0.2, 0.25) is 0 Å². The molecule has 2 rings (SSSR count). The minimum atomic E-state index is 0.191. The molecule has 1 heterocycles. The predicted octanol–water partition coefficient (Wildman–Crippen LogP) is 4.03. The summed E-state index contributed by atoms with van der Waals surface area (Å²) >= 11 is 5.36. The van der Waals surface area contributed by atoms with Crippen LogP contribution in [-0.2, 0) is 0 Å². The number of nitrogens with zero attached hydrogens (tertiary/aromatic N) is 1. The maximum absolute atomic E-state index is 5.64. The largest absolute Gasteiger partial charge is 0.491 e. The molecule has 1 aromatic rings. The molecule has 4 nitrogen and oxygen atoms in total. The number of nitrogens with one attached hydrogen (secondary N) is 2. The summed E-state index contributed by atoms with van der Waals surface area (Å²) in [6.45, 7) is 8.64. The maximum atomic E-state index is 5.64. The van der Waals surface area contributed by atoms with E-state index in [-0.39, 0.29) is 6.10 Å². The first kappa shape index (κ1) is 19.0. The molecule has 0 atom stereocenters. The minimum Gasteiger partial charge on any atom is -0.491 e. The standard InChI is InChI=1S/C19H31N3OS/c1-16(2)23-18-10-8-17(9-11-18)21-19(24)20-12-7-15-22-13-5-3-4-6-14-22/h8-11,16H,3-7,12-15H2,1-2H3,(H2,20,21,24). The molecular weight excluding hydrogens is 318 g/mol. The molecule has 0 amide bonds. The van der Waals surface area contributed by atoms with Gasteiger partial charge in [0, 0.05) is 12.2 Å². The van der Waals surface area contributed by atoms with Crippen LogP contribution in [0.1, 0.15) is 46.0 Å². The van der Waals surface area contributed by atoms with E-state index in [0.29, 0.717) is 5.11 Å². The SMILES string of the molecule is CC(C)Oc1ccc(NC(=S)NCCCN2CCCCCC2)cc1. The number of hydrogen-bond acceptors (Lipinski definition) is 3. The summed E-state index contributed by atoms with van der Waals surface area (Å²) in [5, 5.41) is 7.20. The van der Waals surface area contributed by atoms with Gasteiger partial charge in [-0.15, -0.1) is 0 Å². The molecule has 1 aliphatic heterocycles. The van der Waals surface area contributed by atoms with E-state index in [4.69, 9.17) is 17.0 Å². The molecule has 1 aliphatic rings. The van der Waals surface area contributed by atoms with Gasteiger partial charge in [-0.2, -0.15) is 0 Å². The van der Waals surface area contributed by atoms with Crippen molar-refractivity contribution < 1.29 is 4.74 Å². The van der Waals surface area contributed by atoms with Crippen molar-refractivity contribution in [3.05, 3.63) is 24.3 Å². The second-order valence-corrected chi connectivity index (χ2v) is 7.09. The summed E-state index contributed by atoms with van der Waals surface area (Å²) < 4.78 is 5.64. The lowest BCUT2D eigenvalue weighted by atomic mass is 10.2. The molecule has 0 bridgehead atoms. The molecule has 24 heavy (non-hydrogen) atoms. The van der Waals surface area contributed by atoms with E-state index in [0.717, 1.165) is 30.9 Å². The van der Waals surface area contributed by atoms with Crippen LogP contribution in [0, 0.1) is 0 Å². The molecule has 0 spiro atoms. The van der Waals surface area contributed by atoms with Crippen LogP contribution in [0.25, 0.3) is 0 Å². The van der Waals surface area contributed by atoms with E-state index in [2.05, 4.69) is 15.5 Å². The monoisotopic (exact) mass is 349 g/mol. The van der Waals surface area contributed by atoms with Gasteiger partial charge in [-0.3, -0.25) is 0 Å². The first-order valence-corrected chi connectivity index (χ1v) is 9.58. The molecule has 1 aromatic carbocycles. The first-order valence-electron chi connectivity index (χ1n) is 9.17. The van der Waals surface area contributed by atoms with Crippen LogP contribution in [0.5, 0.6) is 5.75 Å². The van der Waals surface area contributed by atoms with Gasteiger partial charge in [-0.1, -0.05) is 12.8 Å². The third-order valence-electron chi connectivity index (χ3n) is 4.12. The summed E-state index contributed by atoms with van der Waals surface area (Å²) in [4.78, 5) is 2.58. The molecule has 0 saturated carbocycles. The van der Waals surface area contributed by atoms with Crippen molar-refractivity contribution in [3.63, 3.8) is 0 Å². The molecule has 5 heteroatoms. The summed E-state index contributed by atoms with van der Waals surface area (Å²) in [7, 11) is 0. The zero-order chi connectivity index (χ0) is 17.2. The molecule has 134 valence electrons. The fourth-order valence-electron chi connectivity index (χ4n) is 2.93. The number of thiocarbonyl (C=S) groups is 1. The van der Waals surface area contributed by atoms with Gasteiger partial charge >= 0.3 is 0 Å². The minimum absolute atomic E-state index is 0.191. The molecule has 0 radical (unpaired) electrons. The van der Waals surface area contributed by atoms with E-state index in [1.54, 1.807) is 0 Å². The Balaban J connectivity index is 1.62. The van der Waals surface area contributed by atoms with Crippen molar-refractivity contribution in [3.8, 4) is 5.75 Å². The quantitative estimate of drug-likeness (QED) is 0.574. The van der Waals surface area contributed by atoms with Crippen LogP contribution >= 0.6 is 12.2 Å². The third-order valence-corrected chi connectivity index (χ3v) is 4.37. The van der Waals surface area contributed by atoms with Crippen molar-refractivity contribution in [1.29, 1.82) is 0 Å². The second kappa shape index (κ2) is 10.5. The molecule has 2 N–H and O–H groups in total. The number of benzene rings is 1. The van der Waals surface area contributed by atoms with Crippen LogP contribution in [-0.4, -0.2) is 42.3 Å². The van der Waals surface area contributed by atoms with Gasteiger partial charge in [-0.05, 0) is 89.2 Å². The van der Waals surface area contributed by atoms with Crippen molar-refractivity contribution in [2.75, 3.05) is 31.5 Å². The lowest BCUT2D eigenvalue weighted by Gasteiger charge is -2.20. The number of ether oxygens (including phenoxy) is 1. The van der Waals surface area contributed by atoms with Crippen LogP contribution in [0.15, 0.2) is 24.3 Å². The highest BCUT2D eigenvalue weighted by atomic mass is 32.1. The van der Waals surface area contributed by atoms with E-state index in [1.807, 2.05) is 38.1 Å². The van der Waals surface area contributed by atoms with Crippen LogP contribution < -0.4 is 15.4 Å². The van der Waals surface area contributed by atoms with E-state index in [9.17, 15) is 0 Å². The zero-order valence-corrected chi connectivity index (χ0v) is 15.8.